The van der Waals surface area contributed by atoms with Crippen LogP contribution in [0.4, 0.5) is 8.78 Å². The lowest BCUT2D eigenvalue weighted by Crippen LogP contribution is -2.17. The molecule has 0 N–H and O–H groups in total. The third kappa shape index (κ3) is 2.79. The van der Waals surface area contributed by atoms with Crippen molar-refractivity contribution < 1.29 is 18.3 Å². The van der Waals surface area contributed by atoms with Crippen molar-refractivity contribution in [2.45, 2.75) is 18.8 Å². The molecule has 1 heterocycles. The average Bonchev–Trinajstić information content (AvgIpc) is 2.47. The average molecular weight is 288 g/mol. The summed E-state index contributed by atoms with van der Waals surface area (Å²) in [5.74, 6) is -1.01. The fourth-order valence-electron chi connectivity index (χ4n) is 2.68. The van der Waals surface area contributed by atoms with E-state index in [0.29, 0.717) is 13.0 Å². The Morgan fingerprint density at radius 1 is 1.19 bits per heavy atom. The van der Waals surface area contributed by atoms with Crippen molar-refractivity contribution in [1.29, 1.82) is 0 Å². The van der Waals surface area contributed by atoms with Crippen molar-refractivity contribution in [3.05, 3.63) is 65.2 Å². The predicted molar refractivity (Wildman–Crippen MR) is 74.6 cm³/mol. The minimum Gasteiger partial charge on any atom is -0.493 e. The van der Waals surface area contributed by atoms with Crippen LogP contribution < -0.4 is 4.74 Å². The van der Waals surface area contributed by atoms with Crippen LogP contribution in [-0.4, -0.2) is 12.4 Å². The molecule has 0 fully saturated rings. The minimum atomic E-state index is -0.805. The van der Waals surface area contributed by atoms with Gasteiger partial charge in [-0.05, 0) is 36.1 Å². The molecule has 0 saturated carbocycles. The molecule has 3 rings (SSSR count). The highest BCUT2D eigenvalue weighted by Crippen LogP contribution is 2.36. The van der Waals surface area contributed by atoms with E-state index >= 15 is 0 Å². The first-order valence-corrected chi connectivity index (χ1v) is 6.85. The SMILES string of the molecule is O=C(CC1CCOc2ccccc21)c1ccc(F)cc1F. The molecule has 0 amide bonds. The number of benzene rings is 2. The summed E-state index contributed by atoms with van der Waals surface area (Å²) in [5, 5.41) is 0. The highest BCUT2D eigenvalue weighted by molar-refractivity contribution is 5.96. The number of fused-ring (bicyclic) bond motifs is 1. The Hall–Kier alpha value is -2.23. The number of ether oxygens (including phenoxy) is 1. The van der Waals surface area contributed by atoms with Gasteiger partial charge in [-0.3, -0.25) is 4.79 Å². The maximum atomic E-state index is 13.7. The molecule has 2 aromatic rings. The lowest BCUT2D eigenvalue weighted by atomic mass is 9.87. The maximum absolute atomic E-state index is 13.7. The quantitative estimate of drug-likeness (QED) is 0.795. The summed E-state index contributed by atoms with van der Waals surface area (Å²) in [4.78, 5) is 12.3. The van der Waals surface area contributed by atoms with Crippen LogP contribution in [0.3, 0.4) is 0 Å². The van der Waals surface area contributed by atoms with Gasteiger partial charge in [-0.1, -0.05) is 18.2 Å². The van der Waals surface area contributed by atoms with Crippen LogP contribution in [0, 0.1) is 11.6 Å². The van der Waals surface area contributed by atoms with Gasteiger partial charge in [0.1, 0.15) is 17.4 Å². The van der Waals surface area contributed by atoms with E-state index in [1.54, 1.807) is 0 Å². The molecule has 1 atom stereocenters. The van der Waals surface area contributed by atoms with Crippen LogP contribution in [0.15, 0.2) is 42.5 Å². The van der Waals surface area contributed by atoms with Crippen LogP contribution in [0.2, 0.25) is 0 Å². The van der Waals surface area contributed by atoms with Crippen molar-refractivity contribution in [2.24, 2.45) is 0 Å². The molecule has 0 spiro atoms. The molecular weight excluding hydrogens is 274 g/mol. The first kappa shape index (κ1) is 13.7. The molecule has 2 nitrogen and oxygen atoms in total. The fraction of sp³-hybridized carbons (Fsp3) is 0.235. The van der Waals surface area contributed by atoms with Gasteiger partial charge < -0.3 is 4.74 Å². The van der Waals surface area contributed by atoms with Crippen molar-refractivity contribution in [3.8, 4) is 5.75 Å². The zero-order valence-electron chi connectivity index (χ0n) is 11.3. The normalized spacial score (nSPS) is 17.0. The molecule has 0 saturated heterocycles. The number of rotatable bonds is 3. The van der Waals surface area contributed by atoms with E-state index in [-0.39, 0.29) is 23.7 Å². The van der Waals surface area contributed by atoms with Gasteiger partial charge in [0.05, 0.1) is 12.2 Å². The Morgan fingerprint density at radius 2 is 2.00 bits per heavy atom. The first-order valence-electron chi connectivity index (χ1n) is 6.85. The van der Waals surface area contributed by atoms with E-state index in [4.69, 9.17) is 4.74 Å². The standard InChI is InChI=1S/C17H14F2O2/c18-12-5-6-14(15(19)10-12)16(20)9-11-7-8-21-17-4-2-1-3-13(11)17/h1-6,10-11H,7-9H2. The Labute approximate surface area is 121 Å². The number of Topliss-reactive ketones (excluding diaryl/α,β-unsaturated/α-hetero) is 1. The third-order valence-electron chi connectivity index (χ3n) is 3.75. The van der Waals surface area contributed by atoms with Crippen LogP contribution >= 0.6 is 0 Å². The van der Waals surface area contributed by atoms with Gasteiger partial charge in [0.25, 0.3) is 0 Å². The molecule has 108 valence electrons. The molecule has 0 bridgehead atoms. The topological polar surface area (TPSA) is 26.3 Å². The van der Waals surface area contributed by atoms with Crippen molar-refractivity contribution in [3.63, 3.8) is 0 Å². The van der Waals surface area contributed by atoms with Crippen LogP contribution in [0.25, 0.3) is 0 Å². The van der Waals surface area contributed by atoms with E-state index in [9.17, 15) is 13.6 Å². The number of hydrogen-bond acceptors (Lipinski definition) is 2. The highest BCUT2D eigenvalue weighted by Gasteiger charge is 2.25. The van der Waals surface area contributed by atoms with Crippen molar-refractivity contribution in [1.82, 2.24) is 0 Å². The van der Waals surface area contributed by atoms with Gasteiger partial charge in [-0.15, -0.1) is 0 Å². The Morgan fingerprint density at radius 3 is 2.81 bits per heavy atom. The Kier molecular flexibility index (Phi) is 3.69. The molecule has 0 radical (unpaired) electrons. The van der Waals surface area contributed by atoms with E-state index in [1.807, 2.05) is 24.3 Å². The summed E-state index contributed by atoms with van der Waals surface area (Å²) in [5.41, 5.74) is 0.917. The molecule has 0 aliphatic carbocycles. The lowest BCUT2D eigenvalue weighted by molar-refractivity contribution is 0.0962. The third-order valence-corrected chi connectivity index (χ3v) is 3.75. The molecular formula is C17H14F2O2. The molecule has 21 heavy (non-hydrogen) atoms. The molecule has 4 heteroatoms. The fourth-order valence-corrected chi connectivity index (χ4v) is 2.68. The predicted octanol–water partition coefficient (Wildman–Crippen LogP) is 4.10. The summed E-state index contributed by atoms with van der Waals surface area (Å²) in [6.45, 7) is 0.543. The summed E-state index contributed by atoms with van der Waals surface area (Å²) >= 11 is 0. The second kappa shape index (κ2) is 5.64. The second-order valence-electron chi connectivity index (χ2n) is 5.12. The largest absolute Gasteiger partial charge is 0.493 e. The van der Waals surface area contributed by atoms with Gasteiger partial charge in [-0.2, -0.15) is 0 Å². The molecule has 0 aromatic heterocycles. The zero-order chi connectivity index (χ0) is 14.8. The van der Waals surface area contributed by atoms with Crippen LogP contribution in [-0.2, 0) is 0 Å². The highest BCUT2D eigenvalue weighted by atomic mass is 19.1. The Bertz CT molecular complexity index is 682. The molecule has 2 aromatic carbocycles. The summed E-state index contributed by atoms with van der Waals surface area (Å²) in [6, 6.07) is 10.6. The maximum Gasteiger partial charge on any atom is 0.166 e. The number of carbonyl (C=O) groups is 1. The summed E-state index contributed by atoms with van der Waals surface area (Å²) in [7, 11) is 0. The first-order chi connectivity index (χ1) is 10.1. The van der Waals surface area contributed by atoms with Gasteiger partial charge in [0.15, 0.2) is 5.78 Å². The smallest absolute Gasteiger partial charge is 0.166 e. The van der Waals surface area contributed by atoms with Crippen molar-refractivity contribution in [2.75, 3.05) is 6.61 Å². The lowest BCUT2D eigenvalue weighted by Gasteiger charge is -2.25. The summed E-state index contributed by atoms with van der Waals surface area (Å²) < 4.78 is 32.1. The number of halogens is 2. The van der Waals surface area contributed by atoms with E-state index in [0.717, 1.165) is 23.4 Å². The minimum absolute atomic E-state index is 0.00639. The summed E-state index contributed by atoms with van der Waals surface area (Å²) in [6.07, 6.45) is 0.911. The van der Waals surface area contributed by atoms with Crippen LogP contribution in [0.5, 0.6) is 5.75 Å². The van der Waals surface area contributed by atoms with Gasteiger partial charge in [0, 0.05) is 12.5 Å². The number of hydrogen-bond donors (Lipinski definition) is 0. The van der Waals surface area contributed by atoms with Gasteiger partial charge >= 0.3 is 0 Å². The molecule has 1 aliphatic rings. The molecule has 1 unspecified atom stereocenters. The van der Waals surface area contributed by atoms with Gasteiger partial charge in [-0.25, -0.2) is 8.78 Å². The van der Waals surface area contributed by atoms with Crippen molar-refractivity contribution >= 4 is 5.78 Å². The van der Waals surface area contributed by atoms with E-state index < -0.39 is 11.6 Å². The van der Waals surface area contributed by atoms with Crippen LogP contribution in [0.1, 0.15) is 34.7 Å². The number of para-hydroxylation sites is 1. The Balaban J connectivity index is 1.83. The van der Waals surface area contributed by atoms with Gasteiger partial charge in [0.2, 0.25) is 0 Å². The second-order valence-corrected chi connectivity index (χ2v) is 5.12. The van der Waals surface area contributed by atoms with E-state index in [1.165, 1.54) is 6.07 Å². The zero-order valence-corrected chi connectivity index (χ0v) is 11.3. The monoisotopic (exact) mass is 288 g/mol. The van der Waals surface area contributed by atoms with E-state index in [2.05, 4.69) is 0 Å². The number of ketones is 1. The number of carbonyl (C=O) groups excluding carboxylic acids is 1. The molecule has 1 aliphatic heterocycles.